The van der Waals surface area contributed by atoms with Crippen molar-refractivity contribution in [2.45, 2.75) is 12.8 Å². The summed E-state index contributed by atoms with van der Waals surface area (Å²) < 4.78 is 49.2. The third kappa shape index (κ3) is 3.90. The Morgan fingerprint density at radius 2 is 1.95 bits per heavy atom. The molecule has 1 N–H and O–H groups in total. The second-order valence-electron chi connectivity index (χ2n) is 3.31. The Morgan fingerprint density at radius 1 is 1.32 bits per heavy atom. The van der Waals surface area contributed by atoms with Crippen LogP contribution >= 0.6 is 0 Å². The van der Waals surface area contributed by atoms with Gasteiger partial charge in [-0.15, -0.1) is 13.2 Å². The van der Waals surface area contributed by atoms with Crippen LogP contribution in [0.25, 0.3) is 0 Å². The van der Waals surface area contributed by atoms with E-state index >= 15 is 0 Å². The second-order valence-corrected chi connectivity index (χ2v) is 3.31. The summed E-state index contributed by atoms with van der Waals surface area (Å²) >= 11 is 0. The molecular weight excluding hydrogens is 271 g/mol. The van der Waals surface area contributed by atoms with Gasteiger partial charge in [0.05, 0.1) is 20.6 Å². The number of esters is 1. The lowest BCUT2D eigenvalue weighted by atomic mass is 10.2. The van der Waals surface area contributed by atoms with Gasteiger partial charge in [-0.25, -0.2) is 0 Å². The van der Waals surface area contributed by atoms with E-state index in [4.69, 9.17) is 4.74 Å². The number of H-pyrrole nitrogens is 1. The summed E-state index contributed by atoms with van der Waals surface area (Å²) in [6, 6.07) is 0. The third-order valence-corrected chi connectivity index (χ3v) is 2.07. The molecule has 0 radical (unpaired) electrons. The molecule has 0 aliphatic heterocycles. The molecule has 1 aromatic rings. The van der Waals surface area contributed by atoms with Gasteiger partial charge in [-0.05, 0) is 0 Å². The Kier molecular flexibility index (Phi) is 4.41. The summed E-state index contributed by atoms with van der Waals surface area (Å²) in [5, 5.41) is 0. The Bertz CT molecular complexity index is 523. The number of carbonyl (C=O) groups is 1. The van der Waals surface area contributed by atoms with Gasteiger partial charge in [0.25, 0.3) is 5.56 Å². The number of aromatic amines is 1. The number of methoxy groups -OCH3 is 2. The molecule has 0 unspecified atom stereocenters. The number of nitrogens with one attached hydrogen (secondary N) is 1. The summed E-state index contributed by atoms with van der Waals surface area (Å²) in [6.07, 6.45) is -4.36. The van der Waals surface area contributed by atoms with E-state index in [9.17, 15) is 22.8 Å². The van der Waals surface area contributed by atoms with Gasteiger partial charge in [0.2, 0.25) is 5.75 Å². The third-order valence-electron chi connectivity index (χ3n) is 2.07. The van der Waals surface area contributed by atoms with E-state index in [1.807, 2.05) is 4.98 Å². The number of hydrogen-bond donors (Lipinski definition) is 1. The maximum Gasteiger partial charge on any atom is 0.573 e. The molecule has 106 valence electrons. The van der Waals surface area contributed by atoms with Crippen LogP contribution in [0.5, 0.6) is 11.5 Å². The normalized spacial score (nSPS) is 11.0. The molecule has 0 saturated heterocycles. The van der Waals surface area contributed by atoms with Gasteiger partial charge in [-0.2, -0.15) is 0 Å². The minimum absolute atomic E-state index is 0.00759. The summed E-state index contributed by atoms with van der Waals surface area (Å²) in [5.74, 6) is -2.23. The zero-order valence-corrected chi connectivity index (χ0v) is 9.96. The number of carbonyl (C=O) groups excluding carboxylic acids is 1. The molecule has 0 aromatic carbocycles. The molecule has 1 aromatic heterocycles. The lowest BCUT2D eigenvalue weighted by molar-refractivity contribution is -0.275. The van der Waals surface area contributed by atoms with E-state index in [1.165, 1.54) is 0 Å². The Balaban J connectivity index is 3.25. The first-order valence-corrected chi connectivity index (χ1v) is 4.89. The highest BCUT2D eigenvalue weighted by molar-refractivity contribution is 5.73. The summed E-state index contributed by atoms with van der Waals surface area (Å²) in [7, 11) is 2.17. The standard InChI is InChI=1S/C10H10F3NO5/c1-17-6(15)3-5-4-14-9(16)8(7(5)18-2)19-10(11,12)13/h4H,3H2,1-2H3,(H,14,16). The molecule has 0 aliphatic carbocycles. The van der Waals surface area contributed by atoms with Crippen LogP contribution in [-0.4, -0.2) is 31.5 Å². The Hall–Kier alpha value is -2.19. The monoisotopic (exact) mass is 281 g/mol. The number of rotatable bonds is 4. The van der Waals surface area contributed by atoms with Crippen LogP contribution in [0.3, 0.4) is 0 Å². The maximum atomic E-state index is 12.2. The van der Waals surface area contributed by atoms with Crippen molar-refractivity contribution in [1.82, 2.24) is 4.98 Å². The van der Waals surface area contributed by atoms with Gasteiger partial charge >= 0.3 is 12.3 Å². The molecule has 19 heavy (non-hydrogen) atoms. The fraction of sp³-hybridized carbons (Fsp3) is 0.400. The van der Waals surface area contributed by atoms with Gasteiger partial charge in [0.1, 0.15) is 0 Å². The van der Waals surface area contributed by atoms with Crippen LogP contribution in [0, 0.1) is 0 Å². The topological polar surface area (TPSA) is 77.6 Å². The van der Waals surface area contributed by atoms with Crippen molar-refractivity contribution in [2.75, 3.05) is 14.2 Å². The number of halogens is 3. The van der Waals surface area contributed by atoms with Crippen molar-refractivity contribution in [3.8, 4) is 11.5 Å². The number of pyridine rings is 1. The van der Waals surface area contributed by atoms with E-state index in [0.29, 0.717) is 0 Å². The first-order valence-electron chi connectivity index (χ1n) is 4.89. The highest BCUT2D eigenvalue weighted by atomic mass is 19.4. The van der Waals surface area contributed by atoms with Gasteiger partial charge in [0, 0.05) is 11.8 Å². The lowest BCUT2D eigenvalue weighted by Crippen LogP contribution is -2.24. The highest BCUT2D eigenvalue weighted by Crippen LogP contribution is 2.31. The largest absolute Gasteiger partial charge is 0.573 e. The molecule has 0 atom stereocenters. The van der Waals surface area contributed by atoms with E-state index in [2.05, 4.69) is 9.47 Å². The molecule has 1 rings (SSSR count). The second kappa shape index (κ2) is 5.63. The van der Waals surface area contributed by atoms with Crippen LogP contribution in [0.1, 0.15) is 5.56 Å². The molecule has 0 bridgehead atoms. The number of alkyl halides is 3. The fourth-order valence-electron chi connectivity index (χ4n) is 1.32. The van der Waals surface area contributed by atoms with Crippen molar-refractivity contribution >= 4 is 5.97 Å². The zero-order chi connectivity index (χ0) is 14.6. The summed E-state index contributed by atoms with van der Waals surface area (Å²) in [5.41, 5.74) is -1.11. The molecular formula is C10H10F3NO5. The average Bonchev–Trinajstić information content (AvgIpc) is 2.31. The minimum Gasteiger partial charge on any atom is -0.492 e. The predicted octanol–water partition coefficient (Wildman–Crippen LogP) is 0.998. The van der Waals surface area contributed by atoms with Crippen LogP contribution < -0.4 is 15.0 Å². The number of ether oxygens (including phenoxy) is 3. The van der Waals surface area contributed by atoms with E-state index < -0.39 is 29.4 Å². The average molecular weight is 281 g/mol. The molecule has 0 saturated carbocycles. The van der Waals surface area contributed by atoms with Crippen molar-refractivity contribution in [3.63, 3.8) is 0 Å². The highest BCUT2D eigenvalue weighted by Gasteiger charge is 2.34. The van der Waals surface area contributed by atoms with Crippen LogP contribution in [0.15, 0.2) is 11.0 Å². The quantitative estimate of drug-likeness (QED) is 0.833. The van der Waals surface area contributed by atoms with Crippen molar-refractivity contribution in [1.29, 1.82) is 0 Å². The molecule has 1 heterocycles. The minimum atomic E-state index is -5.05. The van der Waals surface area contributed by atoms with Gasteiger partial charge in [0.15, 0.2) is 5.75 Å². The smallest absolute Gasteiger partial charge is 0.492 e. The van der Waals surface area contributed by atoms with E-state index in [-0.39, 0.29) is 12.0 Å². The molecule has 9 heteroatoms. The van der Waals surface area contributed by atoms with Crippen LogP contribution in [0.2, 0.25) is 0 Å². The van der Waals surface area contributed by atoms with E-state index in [1.54, 1.807) is 0 Å². The number of aromatic nitrogens is 1. The van der Waals surface area contributed by atoms with E-state index in [0.717, 1.165) is 20.4 Å². The van der Waals surface area contributed by atoms with Gasteiger partial charge < -0.3 is 19.2 Å². The summed E-state index contributed by atoms with van der Waals surface area (Å²) in [6.45, 7) is 0. The predicted molar refractivity (Wildman–Crippen MR) is 56.0 cm³/mol. The first-order chi connectivity index (χ1) is 8.78. The lowest BCUT2D eigenvalue weighted by Gasteiger charge is -2.14. The molecule has 0 amide bonds. The zero-order valence-electron chi connectivity index (χ0n) is 9.96. The first kappa shape index (κ1) is 14.9. The van der Waals surface area contributed by atoms with Gasteiger partial charge in [-0.1, -0.05) is 0 Å². The molecule has 0 fully saturated rings. The van der Waals surface area contributed by atoms with Crippen molar-refractivity contribution in [3.05, 3.63) is 22.1 Å². The Labute approximate surface area is 105 Å². The van der Waals surface area contributed by atoms with Crippen molar-refractivity contribution in [2.24, 2.45) is 0 Å². The maximum absolute atomic E-state index is 12.2. The van der Waals surface area contributed by atoms with Crippen LogP contribution in [0.4, 0.5) is 13.2 Å². The SMILES string of the molecule is COC(=O)Cc1c[nH]c(=O)c(OC(F)(F)F)c1OC. The summed E-state index contributed by atoms with van der Waals surface area (Å²) in [4.78, 5) is 24.4. The molecule has 6 nitrogen and oxygen atoms in total. The molecule has 0 spiro atoms. The van der Waals surface area contributed by atoms with Crippen molar-refractivity contribution < 1.29 is 32.2 Å². The van der Waals surface area contributed by atoms with Crippen LogP contribution in [-0.2, 0) is 16.0 Å². The van der Waals surface area contributed by atoms with Gasteiger partial charge in [-0.3, -0.25) is 9.59 Å². The Morgan fingerprint density at radius 3 is 2.42 bits per heavy atom. The number of hydrogen-bond acceptors (Lipinski definition) is 5. The molecule has 0 aliphatic rings. The fourth-order valence-corrected chi connectivity index (χ4v) is 1.32.